The van der Waals surface area contributed by atoms with E-state index in [-0.39, 0.29) is 6.54 Å². The lowest BCUT2D eigenvalue weighted by Crippen LogP contribution is -2.19. The van der Waals surface area contributed by atoms with Crippen LogP contribution in [0, 0.1) is 5.92 Å². The Morgan fingerprint density at radius 2 is 1.92 bits per heavy atom. The number of halogens is 3. The van der Waals surface area contributed by atoms with Gasteiger partial charge in [0.2, 0.25) is 5.82 Å². The van der Waals surface area contributed by atoms with Crippen LogP contribution in [-0.2, 0) is 17.5 Å². The van der Waals surface area contributed by atoms with Gasteiger partial charge in [0, 0.05) is 43.1 Å². The van der Waals surface area contributed by atoms with Gasteiger partial charge in [-0.15, -0.1) is 0 Å². The number of urea groups is 1. The number of anilines is 2. The van der Waals surface area contributed by atoms with E-state index >= 15 is 0 Å². The van der Waals surface area contributed by atoms with Crippen LogP contribution < -0.4 is 15.4 Å². The maximum absolute atomic E-state index is 13.9. The van der Waals surface area contributed by atoms with Crippen LogP contribution in [0.3, 0.4) is 0 Å². The van der Waals surface area contributed by atoms with E-state index in [0.717, 1.165) is 29.8 Å². The van der Waals surface area contributed by atoms with Crippen LogP contribution in [0.5, 0.6) is 0 Å². The summed E-state index contributed by atoms with van der Waals surface area (Å²) in [5.41, 5.74) is 7.20. The molecule has 37 heavy (non-hydrogen) atoms. The molecule has 3 N–H and O–H groups in total. The van der Waals surface area contributed by atoms with E-state index < -0.39 is 18.0 Å². The van der Waals surface area contributed by atoms with E-state index in [2.05, 4.69) is 17.2 Å². The number of ether oxygens (including phenoxy) is 1. The van der Waals surface area contributed by atoms with E-state index in [9.17, 15) is 18.0 Å². The van der Waals surface area contributed by atoms with Crippen molar-refractivity contribution in [3.63, 3.8) is 0 Å². The molecule has 11 heteroatoms. The molecule has 2 amide bonds. The maximum atomic E-state index is 13.9. The van der Waals surface area contributed by atoms with Gasteiger partial charge < -0.3 is 24.7 Å². The van der Waals surface area contributed by atoms with Gasteiger partial charge >= 0.3 is 12.2 Å². The molecule has 1 aromatic heterocycles. The molecule has 0 aliphatic rings. The number of primary amides is 1. The molecule has 0 radical (unpaired) electrons. The second kappa shape index (κ2) is 13.0. The van der Waals surface area contributed by atoms with Crippen LogP contribution in [0.15, 0.2) is 47.4 Å². The number of aryl methyl sites for hydroxylation is 1. The van der Waals surface area contributed by atoms with Crippen LogP contribution >= 0.6 is 11.9 Å². The summed E-state index contributed by atoms with van der Waals surface area (Å²) >= 11 is 1.40. The quantitative estimate of drug-likeness (QED) is 0.183. The monoisotopic (exact) mass is 537 g/mol. The lowest BCUT2D eigenvalue weighted by Gasteiger charge is -2.19. The van der Waals surface area contributed by atoms with Crippen molar-refractivity contribution in [1.82, 2.24) is 9.55 Å². The van der Waals surface area contributed by atoms with Crippen molar-refractivity contribution >= 4 is 40.4 Å². The maximum Gasteiger partial charge on any atom is 0.449 e. The van der Waals surface area contributed by atoms with Crippen LogP contribution in [0.2, 0.25) is 0 Å². The van der Waals surface area contributed by atoms with Crippen LogP contribution in [0.1, 0.15) is 45.4 Å². The highest BCUT2D eigenvalue weighted by Gasteiger charge is 2.37. The average Bonchev–Trinajstić information content (AvgIpc) is 3.23. The number of nitrogens with zero attached hydrogens (tertiary/aromatic N) is 3. The smallest absolute Gasteiger partial charge is 0.382 e. The molecule has 0 aliphatic carbocycles. The Balaban J connectivity index is 1.77. The molecular formula is C26H34F3N5O2S. The minimum absolute atomic E-state index is 0.258. The Kier molecular flexibility index (Phi) is 10.1. The van der Waals surface area contributed by atoms with Crippen molar-refractivity contribution in [2.24, 2.45) is 11.7 Å². The molecule has 0 spiro atoms. The van der Waals surface area contributed by atoms with Crippen molar-refractivity contribution < 1.29 is 22.7 Å². The molecule has 3 rings (SSSR count). The lowest BCUT2D eigenvalue weighted by atomic mass is 9.97. The third-order valence-electron chi connectivity index (χ3n) is 6.16. The van der Waals surface area contributed by atoms with E-state index in [1.54, 1.807) is 30.3 Å². The number of alkyl halides is 3. The van der Waals surface area contributed by atoms with Gasteiger partial charge in [0.25, 0.3) is 0 Å². The molecule has 7 nitrogen and oxygen atoms in total. The average molecular weight is 538 g/mol. The lowest BCUT2D eigenvalue weighted by molar-refractivity contribution is -0.147. The summed E-state index contributed by atoms with van der Waals surface area (Å²) in [6, 6.07) is 11.6. The molecule has 0 fully saturated rings. The van der Waals surface area contributed by atoms with Gasteiger partial charge in [0.05, 0.1) is 11.0 Å². The zero-order chi connectivity index (χ0) is 27.0. The zero-order valence-electron chi connectivity index (χ0n) is 21.3. The van der Waals surface area contributed by atoms with Gasteiger partial charge in [-0.1, -0.05) is 13.3 Å². The summed E-state index contributed by atoms with van der Waals surface area (Å²) < 4.78 is 50.2. The number of fused-ring (bicyclic) bond motifs is 1. The van der Waals surface area contributed by atoms with Crippen molar-refractivity contribution in [2.45, 2.75) is 57.1 Å². The van der Waals surface area contributed by atoms with Gasteiger partial charge in [-0.05, 0) is 86.5 Å². The Hall–Kier alpha value is -2.92. The fraction of sp³-hybridized carbons (Fsp3) is 0.462. The predicted molar refractivity (Wildman–Crippen MR) is 143 cm³/mol. The van der Waals surface area contributed by atoms with Gasteiger partial charge in [-0.3, -0.25) is 0 Å². The van der Waals surface area contributed by atoms with Gasteiger partial charge in [0.1, 0.15) is 0 Å². The molecule has 1 unspecified atom stereocenters. The number of amides is 2. The number of hydrogen-bond acceptors (Lipinski definition) is 5. The molecule has 2 aromatic carbocycles. The highest BCUT2D eigenvalue weighted by molar-refractivity contribution is 8.00. The number of rotatable bonds is 13. The summed E-state index contributed by atoms with van der Waals surface area (Å²) in [4.78, 5) is 15.9. The van der Waals surface area contributed by atoms with Gasteiger partial charge in [0.15, 0.2) is 0 Å². The number of carbonyl (C=O) groups is 1. The fourth-order valence-corrected chi connectivity index (χ4v) is 4.98. The number of aromatic nitrogens is 2. The molecule has 0 bridgehead atoms. The van der Waals surface area contributed by atoms with E-state index in [1.807, 2.05) is 30.4 Å². The summed E-state index contributed by atoms with van der Waals surface area (Å²) in [6.07, 6.45) is -1.16. The number of nitrogens with one attached hydrogen (secondary N) is 1. The third-order valence-corrected chi connectivity index (χ3v) is 7.12. The van der Waals surface area contributed by atoms with E-state index in [1.165, 1.54) is 16.5 Å². The Morgan fingerprint density at radius 1 is 1.19 bits per heavy atom. The molecule has 202 valence electrons. The van der Waals surface area contributed by atoms with Crippen molar-refractivity contribution in [3.8, 4) is 0 Å². The second-order valence-corrected chi connectivity index (χ2v) is 9.96. The largest absolute Gasteiger partial charge is 0.449 e. The molecule has 3 aromatic rings. The first-order valence-corrected chi connectivity index (χ1v) is 13.1. The minimum Gasteiger partial charge on any atom is -0.382 e. The third kappa shape index (κ3) is 8.03. The van der Waals surface area contributed by atoms with Crippen molar-refractivity contribution in [1.29, 1.82) is 0 Å². The molecule has 0 aliphatic heterocycles. The van der Waals surface area contributed by atoms with Crippen LogP contribution in [0.25, 0.3) is 11.0 Å². The number of hydrogen-bond donors (Lipinski definition) is 2. The molecule has 1 atom stereocenters. The Bertz CT molecular complexity index is 1170. The number of benzene rings is 2. The molecule has 0 saturated carbocycles. The minimum atomic E-state index is -4.54. The topological polar surface area (TPSA) is 85.4 Å². The molecule has 0 saturated heterocycles. The summed E-state index contributed by atoms with van der Waals surface area (Å²) in [7, 11) is 1.83. The van der Waals surface area contributed by atoms with Crippen molar-refractivity contribution in [2.75, 3.05) is 29.9 Å². The first kappa shape index (κ1) is 28.6. The van der Waals surface area contributed by atoms with Crippen molar-refractivity contribution in [3.05, 3.63) is 48.3 Å². The number of imidazole rings is 1. The normalized spacial score (nSPS) is 12.6. The Morgan fingerprint density at radius 3 is 2.54 bits per heavy atom. The summed E-state index contributed by atoms with van der Waals surface area (Å²) in [5, 5.41) is 2.50. The highest BCUT2D eigenvalue weighted by atomic mass is 32.2. The highest BCUT2D eigenvalue weighted by Crippen LogP contribution is 2.35. The van der Waals surface area contributed by atoms with E-state index in [0.29, 0.717) is 42.3 Å². The standard InChI is InChI=1S/C26H34F3N5O2S/c1-4-18(7-6-16-36-5-2)14-15-34-23-13-10-20(17-22(23)32-24(34)26(27,28)29)33(3)37-21-11-8-19(9-12-21)31-25(30)35/h8-13,17-18H,4-7,14-16H2,1-3H3,(H3,30,31,35). The Labute approximate surface area is 219 Å². The van der Waals surface area contributed by atoms with Crippen LogP contribution in [-0.4, -0.2) is 35.8 Å². The zero-order valence-corrected chi connectivity index (χ0v) is 22.2. The SMILES string of the molecule is CCOCCCC(CC)CCn1c(C(F)(F)F)nc2cc(N(C)Sc3ccc(NC(N)=O)cc3)ccc21. The van der Waals surface area contributed by atoms with Gasteiger partial charge in [-0.25, -0.2) is 9.78 Å². The predicted octanol–water partition coefficient (Wildman–Crippen LogP) is 6.92. The van der Waals surface area contributed by atoms with E-state index in [4.69, 9.17) is 10.5 Å². The fourth-order valence-electron chi connectivity index (χ4n) is 4.19. The number of nitrogens with two attached hydrogens (primary N) is 1. The first-order valence-electron chi connectivity index (χ1n) is 12.4. The first-order chi connectivity index (χ1) is 17.6. The summed E-state index contributed by atoms with van der Waals surface area (Å²) in [6.45, 7) is 5.63. The van der Waals surface area contributed by atoms with Crippen LogP contribution in [0.4, 0.5) is 29.3 Å². The molecule has 1 heterocycles. The molecular weight excluding hydrogens is 503 g/mol. The summed E-state index contributed by atoms with van der Waals surface area (Å²) in [5.74, 6) is -0.540. The number of carbonyl (C=O) groups excluding carboxylic acids is 1. The second-order valence-electron chi connectivity index (χ2n) is 8.76. The van der Waals surface area contributed by atoms with Gasteiger partial charge in [-0.2, -0.15) is 13.2 Å².